The lowest BCUT2D eigenvalue weighted by Crippen LogP contribution is -2.34. The van der Waals surface area contributed by atoms with Crippen LogP contribution < -0.4 is 0 Å². The summed E-state index contributed by atoms with van der Waals surface area (Å²) in [4.78, 5) is 16.3. The molecule has 3 aromatic rings. The number of carbonyl (C=O) groups is 1. The smallest absolute Gasteiger partial charge is 0.338 e. The third-order valence-corrected chi connectivity index (χ3v) is 5.84. The van der Waals surface area contributed by atoms with Crippen LogP contribution in [0.1, 0.15) is 41.3 Å². The molecule has 0 N–H and O–H groups in total. The zero-order chi connectivity index (χ0) is 22.3. The van der Waals surface area contributed by atoms with Gasteiger partial charge in [0, 0.05) is 28.0 Å². The number of ether oxygens (including phenoxy) is 3. The number of carbonyl (C=O) groups excluding carboxylic acids is 1. The maximum atomic E-state index is 12.2. The number of esters is 1. The maximum absolute atomic E-state index is 12.2. The fourth-order valence-corrected chi connectivity index (χ4v) is 4.19. The number of hydrogen-bond acceptors (Lipinski definition) is 5. The summed E-state index contributed by atoms with van der Waals surface area (Å²) in [5.41, 5.74) is 1.35. The van der Waals surface area contributed by atoms with Crippen LogP contribution in [-0.4, -0.2) is 34.5 Å². The monoisotopic (exact) mass is 474 g/mol. The van der Waals surface area contributed by atoms with Gasteiger partial charge < -0.3 is 18.8 Å². The van der Waals surface area contributed by atoms with Crippen molar-refractivity contribution in [2.45, 2.75) is 44.3 Å². The molecule has 1 fully saturated rings. The molecule has 1 aliphatic heterocycles. The van der Waals surface area contributed by atoms with Crippen LogP contribution in [-0.2, 0) is 20.8 Å². The van der Waals surface area contributed by atoms with E-state index in [1.54, 1.807) is 48.9 Å². The van der Waals surface area contributed by atoms with Crippen molar-refractivity contribution in [1.29, 1.82) is 0 Å². The lowest BCUT2D eigenvalue weighted by Gasteiger charge is -2.33. The highest BCUT2D eigenvalue weighted by atomic mass is 35.5. The molecule has 2 aromatic carbocycles. The zero-order valence-corrected chi connectivity index (χ0v) is 18.9. The van der Waals surface area contributed by atoms with Crippen LogP contribution in [0.5, 0.6) is 0 Å². The van der Waals surface area contributed by atoms with Crippen LogP contribution in [0, 0.1) is 0 Å². The SMILES string of the molecule is O=C(OCC1CCCC(OC(Cn2ccnc2)c2ccc(Cl)cc2Cl)O1)c1ccccc1. The average Bonchev–Trinajstić information content (AvgIpc) is 3.31. The summed E-state index contributed by atoms with van der Waals surface area (Å²) in [7, 11) is 0. The molecule has 3 unspecified atom stereocenters. The third-order valence-electron chi connectivity index (χ3n) is 5.28. The van der Waals surface area contributed by atoms with Gasteiger partial charge in [-0.15, -0.1) is 0 Å². The quantitative estimate of drug-likeness (QED) is 0.391. The van der Waals surface area contributed by atoms with Crippen LogP contribution in [0.2, 0.25) is 10.0 Å². The van der Waals surface area contributed by atoms with Crippen molar-refractivity contribution in [1.82, 2.24) is 9.55 Å². The van der Waals surface area contributed by atoms with E-state index in [-0.39, 0.29) is 24.8 Å². The van der Waals surface area contributed by atoms with Crippen LogP contribution >= 0.6 is 23.2 Å². The first-order valence-corrected chi connectivity index (χ1v) is 11.3. The van der Waals surface area contributed by atoms with E-state index >= 15 is 0 Å². The molecule has 168 valence electrons. The van der Waals surface area contributed by atoms with E-state index in [0.29, 0.717) is 22.2 Å². The summed E-state index contributed by atoms with van der Waals surface area (Å²) in [6.07, 6.45) is 6.75. The molecule has 0 radical (unpaired) electrons. The molecule has 0 saturated carbocycles. The van der Waals surface area contributed by atoms with Gasteiger partial charge in [0.2, 0.25) is 0 Å². The van der Waals surface area contributed by atoms with E-state index in [0.717, 1.165) is 24.8 Å². The predicted molar refractivity (Wildman–Crippen MR) is 122 cm³/mol. The standard InChI is InChI=1S/C24H24Cl2N2O4/c25-18-9-10-20(21(26)13-18)22(14-28-12-11-27-16-28)32-23-8-4-7-19(31-23)15-30-24(29)17-5-2-1-3-6-17/h1-3,5-6,9-13,16,19,22-23H,4,7-8,14-15H2. The fourth-order valence-electron chi connectivity index (χ4n) is 3.66. The van der Waals surface area contributed by atoms with Gasteiger partial charge in [0.15, 0.2) is 6.29 Å². The molecule has 4 rings (SSSR count). The number of aromatic nitrogens is 2. The second-order valence-electron chi connectivity index (χ2n) is 7.63. The molecule has 3 atom stereocenters. The molecule has 0 aliphatic carbocycles. The van der Waals surface area contributed by atoms with Crippen LogP contribution in [0.15, 0.2) is 67.3 Å². The van der Waals surface area contributed by atoms with Crippen LogP contribution in [0.4, 0.5) is 0 Å². The summed E-state index contributed by atoms with van der Waals surface area (Å²) in [5.74, 6) is -0.358. The molecule has 6 nitrogen and oxygen atoms in total. The second kappa shape index (κ2) is 11.0. The summed E-state index contributed by atoms with van der Waals surface area (Å²) in [6, 6.07) is 14.3. The van der Waals surface area contributed by atoms with Gasteiger partial charge in [-0.25, -0.2) is 9.78 Å². The Balaban J connectivity index is 1.39. The molecule has 2 heterocycles. The number of hydrogen-bond donors (Lipinski definition) is 0. The minimum Gasteiger partial charge on any atom is -0.459 e. The highest BCUT2D eigenvalue weighted by Crippen LogP contribution is 2.33. The molecule has 32 heavy (non-hydrogen) atoms. The number of rotatable bonds is 8. The fraction of sp³-hybridized carbons (Fsp3) is 0.333. The van der Waals surface area contributed by atoms with Crippen molar-refractivity contribution >= 4 is 29.2 Å². The van der Waals surface area contributed by atoms with Crippen molar-refractivity contribution < 1.29 is 19.0 Å². The van der Waals surface area contributed by atoms with Gasteiger partial charge in [0.1, 0.15) is 12.7 Å². The van der Waals surface area contributed by atoms with E-state index in [1.165, 1.54) is 0 Å². The Bertz CT molecular complexity index is 1010. The Morgan fingerprint density at radius 1 is 1.19 bits per heavy atom. The topological polar surface area (TPSA) is 62.6 Å². The number of halogens is 2. The van der Waals surface area contributed by atoms with Gasteiger partial charge in [0.05, 0.1) is 24.5 Å². The van der Waals surface area contributed by atoms with Crippen LogP contribution in [0.25, 0.3) is 0 Å². The summed E-state index contributed by atoms with van der Waals surface area (Å²) >= 11 is 12.5. The summed E-state index contributed by atoms with van der Waals surface area (Å²) in [6.45, 7) is 0.705. The van der Waals surface area contributed by atoms with Gasteiger partial charge in [-0.3, -0.25) is 0 Å². The van der Waals surface area contributed by atoms with Gasteiger partial charge in [-0.2, -0.15) is 0 Å². The third kappa shape index (κ3) is 6.11. The minimum atomic E-state index is -0.440. The molecule has 8 heteroatoms. The highest BCUT2D eigenvalue weighted by Gasteiger charge is 2.28. The van der Waals surface area contributed by atoms with Crippen molar-refractivity contribution in [2.75, 3.05) is 6.61 Å². The van der Waals surface area contributed by atoms with Gasteiger partial charge in [0.25, 0.3) is 0 Å². The molecule has 0 spiro atoms. The zero-order valence-electron chi connectivity index (χ0n) is 17.4. The normalized spacial score (nSPS) is 19.4. The average molecular weight is 475 g/mol. The van der Waals surface area contributed by atoms with Crippen molar-refractivity contribution in [3.8, 4) is 0 Å². The van der Waals surface area contributed by atoms with Crippen molar-refractivity contribution in [3.05, 3.63) is 88.4 Å². The first-order chi connectivity index (χ1) is 15.6. The molecule has 0 amide bonds. The Morgan fingerprint density at radius 3 is 2.78 bits per heavy atom. The number of nitrogens with zero attached hydrogens (tertiary/aromatic N) is 2. The van der Waals surface area contributed by atoms with Crippen molar-refractivity contribution in [3.63, 3.8) is 0 Å². The van der Waals surface area contributed by atoms with E-state index in [2.05, 4.69) is 4.98 Å². The van der Waals surface area contributed by atoms with E-state index in [4.69, 9.17) is 37.4 Å². The summed E-state index contributed by atoms with van der Waals surface area (Å²) in [5, 5.41) is 1.10. The lowest BCUT2D eigenvalue weighted by atomic mass is 10.1. The van der Waals surface area contributed by atoms with E-state index < -0.39 is 6.29 Å². The number of benzene rings is 2. The van der Waals surface area contributed by atoms with Crippen molar-refractivity contribution in [2.24, 2.45) is 0 Å². The van der Waals surface area contributed by atoms with E-state index in [1.807, 2.05) is 22.9 Å². The van der Waals surface area contributed by atoms with Gasteiger partial charge in [-0.05, 0) is 43.5 Å². The Kier molecular flexibility index (Phi) is 7.81. The molecule has 0 bridgehead atoms. The Morgan fingerprint density at radius 2 is 2.03 bits per heavy atom. The second-order valence-corrected chi connectivity index (χ2v) is 8.48. The Hall–Kier alpha value is -2.38. The molecule has 1 aliphatic rings. The highest BCUT2D eigenvalue weighted by molar-refractivity contribution is 6.35. The molecule has 1 aromatic heterocycles. The first-order valence-electron chi connectivity index (χ1n) is 10.5. The largest absolute Gasteiger partial charge is 0.459 e. The molecule has 1 saturated heterocycles. The van der Waals surface area contributed by atoms with Gasteiger partial charge in [-0.1, -0.05) is 47.5 Å². The van der Waals surface area contributed by atoms with Gasteiger partial charge >= 0.3 is 5.97 Å². The maximum Gasteiger partial charge on any atom is 0.338 e. The molecular formula is C24H24Cl2N2O4. The predicted octanol–water partition coefficient (Wildman–Crippen LogP) is 5.70. The van der Waals surface area contributed by atoms with Crippen LogP contribution in [0.3, 0.4) is 0 Å². The summed E-state index contributed by atoms with van der Waals surface area (Å²) < 4.78 is 19.9. The Labute approximate surface area is 197 Å². The van der Waals surface area contributed by atoms with E-state index in [9.17, 15) is 4.79 Å². The minimum absolute atomic E-state index is 0.182. The lowest BCUT2D eigenvalue weighted by molar-refractivity contribution is -0.224. The number of imidazole rings is 1. The first kappa shape index (κ1) is 22.8. The molecular weight excluding hydrogens is 451 g/mol.